The summed E-state index contributed by atoms with van der Waals surface area (Å²) in [5.41, 5.74) is 7.10. The Hall–Kier alpha value is -1.92. The zero-order valence-corrected chi connectivity index (χ0v) is 16.2. The number of nitrogens with one attached hydrogen (secondary N) is 1. The Morgan fingerprint density at radius 1 is 1.23 bits per heavy atom. The normalized spacial score (nSPS) is 23.2. The third-order valence-electron chi connectivity index (χ3n) is 4.92. The molecule has 0 aromatic heterocycles. The first-order valence-corrected chi connectivity index (χ1v) is 9.37. The van der Waals surface area contributed by atoms with E-state index in [4.69, 9.17) is 10.5 Å². The molecule has 1 aliphatic heterocycles. The summed E-state index contributed by atoms with van der Waals surface area (Å²) in [5, 5.41) is 2.76. The number of hydrogen-bond acceptors (Lipinski definition) is 4. The summed E-state index contributed by atoms with van der Waals surface area (Å²) >= 11 is 0. The van der Waals surface area contributed by atoms with E-state index in [1.165, 1.54) is 0 Å². The molecule has 2 amide bonds. The zero-order chi connectivity index (χ0) is 19.3. The lowest BCUT2D eigenvalue weighted by atomic mass is 9.98. The molecule has 2 rings (SSSR count). The Labute approximate surface area is 156 Å². The van der Waals surface area contributed by atoms with Crippen molar-refractivity contribution in [3.8, 4) is 0 Å². The SMILES string of the molecule is CCC(C)C(NC(=O)c1ccc(CN2CC(C)OC(C)C2)cc1)C(N)=O. The Morgan fingerprint density at radius 2 is 1.81 bits per heavy atom. The molecule has 0 aliphatic carbocycles. The van der Waals surface area contributed by atoms with Crippen LogP contribution in [0.1, 0.15) is 50.0 Å². The highest BCUT2D eigenvalue weighted by Gasteiger charge is 2.24. The van der Waals surface area contributed by atoms with Gasteiger partial charge < -0.3 is 15.8 Å². The summed E-state index contributed by atoms with van der Waals surface area (Å²) in [6.07, 6.45) is 1.23. The van der Waals surface area contributed by atoms with E-state index in [9.17, 15) is 9.59 Å². The van der Waals surface area contributed by atoms with E-state index in [1.54, 1.807) is 12.1 Å². The van der Waals surface area contributed by atoms with Crippen molar-refractivity contribution in [1.82, 2.24) is 10.2 Å². The van der Waals surface area contributed by atoms with Crippen molar-refractivity contribution in [1.29, 1.82) is 0 Å². The van der Waals surface area contributed by atoms with Gasteiger partial charge in [-0.2, -0.15) is 0 Å². The van der Waals surface area contributed by atoms with Gasteiger partial charge in [-0.25, -0.2) is 0 Å². The smallest absolute Gasteiger partial charge is 0.251 e. The van der Waals surface area contributed by atoms with Crippen molar-refractivity contribution in [2.45, 2.75) is 58.9 Å². The molecular weight excluding hydrogens is 330 g/mol. The fraction of sp³-hybridized carbons (Fsp3) is 0.600. The molecule has 1 aromatic rings. The lowest BCUT2D eigenvalue weighted by molar-refractivity contribution is -0.120. The molecule has 0 radical (unpaired) electrons. The van der Waals surface area contributed by atoms with Crippen LogP contribution in [-0.4, -0.2) is 48.1 Å². The van der Waals surface area contributed by atoms with Gasteiger partial charge in [-0.3, -0.25) is 14.5 Å². The van der Waals surface area contributed by atoms with Gasteiger partial charge in [0.05, 0.1) is 12.2 Å². The molecule has 1 fully saturated rings. The minimum Gasteiger partial charge on any atom is -0.373 e. The standard InChI is InChI=1S/C20H31N3O3/c1-5-13(2)18(19(21)24)22-20(25)17-8-6-16(7-9-17)12-23-10-14(3)26-15(4)11-23/h6-9,13-15,18H,5,10-12H2,1-4H3,(H2,21,24)(H,22,25). The molecule has 1 saturated heterocycles. The molecule has 6 nitrogen and oxygen atoms in total. The maximum absolute atomic E-state index is 12.4. The second-order valence-electron chi connectivity index (χ2n) is 7.39. The van der Waals surface area contributed by atoms with E-state index in [2.05, 4.69) is 24.1 Å². The summed E-state index contributed by atoms with van der Waals surface area (Å²) in [5.74, 6) is -0.768. The van der Waals surface area contributed by atoms with Crippen molar-refractivity contribution >= 4 is 11.8 Å². The van der Waals surface area contributed by atoms with E-state index in [1.807, 2.05) is 26.0 Å². The van der Waals surface area contributed by atoms with Crippen LogP contribution in [0.5, 0.6) is 0 Å². The number of primary amides is 1. The van der Waals surface area contributed by atoms with Crippen LogP contribution in [0.4, 0.5) is 0 Å². The second kappa shape index (κ2) is 9.14. The van der Waals surface area contributed by atoms with Crippen LogP contribution in [0, 0.1) is 5.92 Å². The Bertz CT molecular complexity index is 607. The van der Waals surface area contributed by atoms with E-state index < -0.39 is 11.9 Å². The largest absolute Gasteiger partial charge is 0.373 e. The number of hydrogen-bond donors (Lipinski definition) is 2. The number of nitrogens with zero attached hydrogens (tertiary/aromatic N) is 1. The molecule has 1 heterocycles. The van der Waals surface area contributed by atoms with Gasteiger partial charge in [0.25, 0.3) is 5.91 Å². The van der Waals surface area contributed by atoms with Crippen LogP contribution >= 0.6 is 0 Å². The zero-order valence-electron chi connectivity index (χ0n) is 16.2. The molecular formula is C20H31N3O3. The van der Waals surface area contributed by atoms with Gasteiger partial charge in [-0.1, -0.05) is 32.4 Å². The molecule has 1 aromatic carbocycles. The summed E-state index contributed by atoms with van der Waals surface area (Å²) in [4.78, 5) is 26.4. The monoisotopic (exact) mass is 361 g/mol. The molecule has 0 saturated carbocycles. The quantitative estimate of drug-likeness (QED) is 0.777. The molecule has 26 heavy (non-hydrogen) atoms. The van der Waals surface area contributed by atoms with E-state index >= 15 is 0 Å². The minimum atomic E-state index is -0.650. The van der Waals surface area contributed by atoms with Gasteiger partial charge in [-0.15, -0.1) is 0 Å². The first kappa shape index (κ1) is 20.4. The van der Waals surface area contributed by atoms with Crippen LogP contribution in [-0.2, 0) is 16.1 Å². The minimum absolute atomic E-state index is 0.000947. The lowest BCUT2D eigenvalue weighted by Gasteiger charge is -2.35. The summed E-state index contributed by atoms with van der Waals surface area (Å²) in [6, 6.07) is 6.87. The van der Waals surface area contributed by atoms with Crippen molar-refractivity contribution in [3.63, 3.8) is 0 Å². The number of benzene rings is 1. The molecule has 144 valence electrons. The first-order chi connectivity index (χ1) is 12.3. The van der Waals surface area contributed by atoms with Gasteiger partial charge >= 0.3 is 0 Å². The van der Waals surface area contributed by atoms with Crippen molar-refractivity contribution < 1.29 is 14.3 Å². The number of amides is 2. The molecule has 1 aliphatic rings. The molecule has 0 spiro atoms. The van der Waals surface area contributed by atoms with Crippen molar-refractivity contribution in [3.05, 3.63) is 35.4 Å². The number of nitrogens with two attached hydrogens (primary N) is 1. The van der Waals surface area contributed by atoms with Gasteiger partial charge in [0, 0.05) is 25.2 Å². The lowest BCUT2D eigenvalue weighted by Crippen LogP contribution is -2.48. The van der Waals surface area contributed by atoms with Gasteiger partial charge in [0.2, 0.25) is 5.91 Å². The third kappa shape index (κ3) is 5.54. The predicted octanol–water partition coefficient (Wildman–Crippen LogP) is 1.93. The molecule has 4 atom stereocenters. The highest BCUT2D eigenvalue weighted by atomic mass is 16.5. The number of carbonyl (C=O) groups is 2. The average Bonchev–Trinajstić information content (AvgIpc) is 2.58. The van der Waals surface area contributed by atoms with Crippen molar-refractivity contribution in [2.75, 3.05) is 13.1 Å². The molecule has 3 N–H and O–H groups in total. The number of morpholine rings is 1. The van der Waals surface area contributed by atoms with E-state index in [0.717, 1.165) is 31.6 Å². The fourth-order valence-electron chi connectivity index (χ4n) is 3.39. The Balaban J connectivity index is 1.97. The maximum Gasteiger partial charge on any atom is 0.251 e. The average molecular weight is 361 g/mol. The second-order valence-corrected chi connectivity index (χ2v) is 7.39. The van der Waals surface area contributed by atoms with Crippen molar-refractivity contribution in [2.24, 2.45) is 11.7 Å². The summed E-state index contributed by atoms with van der Waals surface area (Å²) in [7, 11) is 0. The highest BCUT2D eigenvalue weighted by molar-refractivity contribution is 5.97. The number of ether oxygens (including phenoxy) is 1. The molecule has 6 heteroatoms. The van der Waals surface area contributed by atoms with Crippen LogP contribution < -0.4 is 11.1 Å². The number of carbonyl (C=O) groups excluding carboxylic acids is 2. The van der Waals surface area contributed by atoms with E-state index in [-0.39, 0.29) is 24.0 Å². The fourth-order valence-corrected chi connectivity index (χ4v) is 3.39. The maximum atomic E-state index is 12.4. The Morgan fingerprint density at radius 3 is 2.31 bits per heavy atom. The summed E-state index contributed by atoms with van der Waals surface area (Å²) < 4.78 is 5.76. The third-order valence-corrected chi connectivity index (χ3v) is 4.92. The van der Waals surface area contributed by atoms with Crippen LogP contribution in [0.25, 0.3) is 0 Å². The van der Waals surface area contributed by atoms with Crippen LogP contribution in [0.2, 0.25) is 0 Å². The molecule has 0 bridgehead atoms. The van der Waals surface area contributed by atoms with Crippen LogP contribution in [0.15, 0.2) is 24.3 Å². The van der Waals surface area contributed by atoms with Gasteiger partial charge in [-0.05, 0) is 37.5 Å². The van der Waals surface area contributed by atoms with E-state index in [0.29, 0.717) is 5.56 Å². The summed E-state index contributed by atoms with van der Waals surface area (Å²) in [6.45, 7) is 10.7. The predicted molar refractivity (Wildman–Crippen MR) is 102 cm³/mol. The van der Waals surface area contributed by atoms with Gasteiger partial charge in [0.15, 0.2) is 0 Å². The van der Waals surface area contributed by atoms with Gasteiger partial charge in [0.1, 0.15) is 6.04 Å². The highest BCUT2D eigenvalue weighted by Crippen LogP contribution is 2.15. The number of rotatable bonds is 7. The van der Waals surface area contributed by atoms with Crippen LogP contribution in [0.3, 0.4) is 0 Å². The topological polar surface area (TPSA) is 84.7 Å². The first-order valence-electron chi connectivity index (χ1n) is 9.37. The molecule has 4 unspecified atom stereocenters. The Kier molecular flexibility index (Phi) is 7.17.